The third-order valence-electron chi connectivity index (χ3n) is 4.82. The van der Waals surface area contributed by atoms with Crippen molar-refractivity contribution in [2.24, 2.45) is 0 Å². The highest BCUT2D eigenvalue weighted by atomic mass is 19.4. The third-order valence-corrected chi connectivity index (χ3v) is 4.82. The molecule has 0 aliphatic carbocycles. The van der Waals surface area contributed by atoms with E-state index in [1.54, 1.807) is 26.0 Å². The van der Waals surface area contributed by atoms with Crippen molar-refractivity contribution in [3.8, 4) is 5.69 Å². The lowest BCUT2D eigenvalue weighted by atomic mass is 9.99. The van der Waals surface area contributed by atoms with Crippen LogP contribution in [0.4, 0.5) is 13.2 Å². The first-order valence-corrected chi connectivity index (χ1v) is 8.90. The van der Waals surface area contributed by atoms with Crippen molar-refractivity contribution < 1.29 is 18.0 Å². The van der Waals surface area contributed by atoms with Gasteiger partial charge < -0.3 is 5.32 Å². The smallest absolute Gasteiger partial charge is 0.346 e. The van der Waals surface area contributed by atoms with Crippen LogP contribution in [0.15, 0.2) is 66.0 Å². The van der Waals surface area contributed by atoms with E-state index in [2.05, 4.69) is 11.9 Å². The van der Waals surface area contributed by atoms with Gasteiger partial charge in [-0.2, -0.15) is 13.2 Å². The number of amides is 1. The molecule has 0 aliphatic rings. The molecule has 2 aromatic carbocycles. The van der Waals surface area contributed by atoms with Crippen LogP contribution in [0.3, 0.4) is 0 Å². The summed E-state index contributed by atoms with van der Waals surface area (Å²) in [5.74, 6) is -0.425. The molecule has 0 saturated heterocycles. The van der Waals surface area contributed by atoms with Crippen LogP contribution < -0.4 is 10.9 Å². The van der Waals surface area contributed by atoms with Crippen LogP contribution in [0.1, 0.15) is 29.7 Å². The Morgan fingerprint density at radius 1 is 1.14 bits per heavy atom. The molecule has 150 valence electrons. The van der Waals surface area contributed by atoms with Gasteiger partial charge in [0, 0.05) is 16.6 Å². The normalized spacial score (nSPS) is 12.6. The van der Waals surface area contributed by atoms with Gasteiger partial charge in [-0.25, -0.2) is 0 Å². The van der Waals surface area contributed by atoms with E-state index in [1.807, 2.05) is 12.1 Å². The highest BCUT2D eigenvalue weighted by Crippen LogP contribution is 2.30. The lowest BCUT2D eigenvalue weighted by Crippen LogP contribution is -2.33. The molecule has 0 bridgehead atoms. The molecule has 1 heterocycles. The molecule has 1 N–H and O–H groups in total. The van der Waals surface area contributed by atoms with Crippen LogP contribution in [-0.2, 0) is 11.0 Å². The molecule has 29 heavy (non-hydrogen) atoms. The van der Waals surface area contributed by atoms with Crippen LogP contribution in [0.25, 0.3) is 16.6 Å². The molecular weight excluding hydrogens is 381 g/mol. The van der Waals surface area contributed by atoms with Crippen molar-refractivity contribution >= 4 is 16.8 Å². The molecule has 0 fully saturated rings. The lowest BCUT2D eigenvalue weighted by Gasteiger charge is -2.20. The molecule has 0 unspecified atom stereocenters. The number of carbonyl (C=O) groups excluding carboxylic acids is 1. The van der Waals surface area contributed by atoms with Crippen molar-refractivity contribution in [1.82, 2.24) is 9.88 Å². The van der Waals surface area contributed by atoms with Crippen molar-refractivity contribution in [2.75, 3.05) is 0 Å². The Morgan fingerprint density at radius 3 is 2.34 bits per heavy atom. The number of alkyl halides is 3. The van der Waals surface area contributed by atoms with Gasteiger partial charge in [-0.1, -0.05) is 24.8 Å². The van der Waals surface area contributed by atoms with Gasteiger partial charge in [0.2, 0.25) is 5.91 Å². The van der Waals surface area contributed by atoms with Gasteiger partial charge in [0.1, 0.15) is 0 Å². The number of rotatable bonds is 4. The second kappa shape index (κ2) is 7.58. The number of nitrogens with zero attached hydrogens (tertiary/aromatic N) is 1. The zero-order valence-corrected chi connectivity index (χ0v) is 15.9. The monoisotopic (exact) mass is 400 g/mol. The van der Waals surface area contributed by atoms with Gasteiger partial charge in [0.25, 0.3) is 5.56 Å². The first-order valence-electron chi connectivity index (χ1n) is 8.90. The highest BCUT2D eigenvalue weighted by Gasteiger charge is 2.30. The van der Waals surface area contributed by atoms with Crippen molar-refractivity contribution in [3.05, 3.63) is 88.2 Å². The van der Waals surface area contributed by atoms with E-state index in [4.69, 9.17) is 0 Å². The molecule has 3 aromatic rings. The first-order chi connectivity index (χ1) is 13.6. The summed E-state index contributed by atoms with van der Waals surface area (Å²) >= 11 is 0. The second-order valence-electron chi connectivity index (χ2n) is 6.68. The number of aromatic nitrogens is 1. The zero-order valence-electron chi connectivity index (χ0n) is 15.9. The molecule has 1 aromatic heterocycles. The van der Waals surface area contributed by atoms with Gasteiger partial charge in [-0.05, 0) is 55.8 Å². The number of fused-ring (bicyclic) bond motifs is 1. The Balaban J connectivity index is 2.28. The molecule has 3 rings (SSSR count). The molecule has 1 amide bonds. The number of carbonyl (C=O) groups is 1. The fourth-order valence-electron chi connectivity index (χ4n) is 3.43. The molecule has 4 nitrogen and oxygen atoms in total. The maximum absolute atomic E-state index is 13.4. The minimum absolute atomic E-state index is 0.308. The lowest BCUT2D eigenvalue weighted by molar-refractivity contribution is -0.137. The third kappa shape index (κ3) is 3.81. The predicted octanol–water partition coefficient (Wildman–Crippen LogP) is 4.68. The fourth-order valence-corrected chi connectivity index (χ4v) is 3.43. The highest BCUT2D eigenvalue weighted by molar-refractivity contribution is 5.88. The van der Waals surface area contributed by atoms with Gasteiger partial charge in [-0.15, -0.1) is 0 Å². The van der Waals surface area contributed by atoms with E-state index in [9.17, 15) is 22.8 Å². The minimum Gasteiger partial charge on any atom is -0.346 e. The summed E-state index contributed by atoms with van der Waals surface area (Å²) in [7, 11) is 0. The summed E-state index contributed by atoms with van der Waals surface area (Å²) in [4.78, 5) is 25.1. The van der Waals surface area contributed by atoms with Crippen LogP contribution in [0, 0.1) is 6.92 Å². The number of benzene rings is 2. The van der Waals surface area contributed by atoms with Crippen molar-refractivity contribution in [3.63, 3.8) is 0 Å². The predicted molar refractivity (Wildman–Crippen MR) is 106 cm³/mol. The van der Waals surface area contributed by atoms with E-state index in [-0.39, 0.29) is 0 Å². The van der Waals surface area contributed by atoms with Gasteiger partial charge in [-0.3, -0.25) is 14.2 Å². The Hall–Kier alpha value is -3.35. The average molecular weight is 400 g/mol. The summed E-state index contributed by atoms with van der Waals surface area (Å²) < 4.78 is 40.1. The van der Waals surface area contributed by atoms with Crippen molar-refractivity contribution in [1.29, 1.82) is 0 Å². The second-order valence-corrected chi connectivity index (χ2v) is 6.68. The Morgan fingerprint density at radius 2 is 1.76 bits per heavy atom. The Bertz CT molecular complexity index is 1150. The Kier molecular flexibility index (Phi) is 5.33. The summed E-state index contributed by atoms with van der Waals surface area (Å²) in [5.41, 5.74) is 0.739. The minimum atomic E-state index is -4.46. The molecule has 0 saturated carbocycles. The van der Waals surface area contributed by atoms with E-state index in [0.29, 0.717) is 22.3 Å². The molecule has 0 aliphatic heterocycles. The van der Waals surface area contributed by atoms with Crippen LogP contribution in [0.2, 0.25) is 0 Å². The van der Waals surface area contributed by atoms with E-state index < -0.39 is 29.2 Å². The van der Waals surface area contributed by atoms with Crippen LogP contribution in [-0.4, -0.2) is 10.5 Å². The number of pyridine rings is 1. The van der Waals surface area contributed by atoms with Gasteiger partial charge in [0.15, 0.2) is 0 Å². The quantitative estimate of drug-likeness (QED) is 0.647. The molecule has 1 atom stereocenters. The summed E-state index contributed by atoms with van der Waals surface area (Å²) in [6, 6.07) is 10.9. The van der Waals surface area contributed by atoms with E-state index in [0.717, 1.165) is 23.6 Å². The van der Waals surface area contributed by atoms with Gasteiger partial charge >= 0.3 is 6.18 Å². The maximum Gasteiger partial charge on any atom is 0.416 e. The fraction of sp³-hybridized carbons (Fsp3) is 0.182. The number of aryl methyl sites for hydroxylation is 1. The van der Waals surface area contributed by atoms with Gasteiger partial charge in [0.05, 0.1) is 17.1 Å². The SMILES string of the molecule is C=CC(=O)N[C@H](C)c1c(C)c2ccccc2n(-c2ccc(C(F)(F)F)cc2)c1=O. The largest absolute Gasteiger partial charge is 0.416 e. The molecule has 0 spiro atoms. The van der Waals surface area contributed by atoms with Crippen LogP contribution >= 0.6 is 0 Å². The number of para-hydroxylation sites is 1. The topological polar surface area (TPSA) is 51.1 Å². The summed E-state index contributed by atoms with van der Waals surface area (Å²) in [6.07, 6.45) is -3.35. The zero-order chi connectivity index (χ0) is 21.3. The van der Waals surface area contributed by atoms with Crippen LogP contribution in [0.5, 0.6) is 0 Å². The number of halogens is 3. The molecular formula is C22H19F3N2O2. The summed E-state index contributed by atoms with van der Waals surface area (Å²) in [6.45, 7) is 6.87. The molecule has 0 radical (unpaired) electrons. The van der Waals surface area contributed by atoms with Crippen molar-refractivity contribution in [2.45, 2.75) is 26.1 Å². The van der Waals surface area contributed by atoms with E-state index in [1.165, 1.54) is 16.7 Å². The Labute approximate surface area is 165 Å². The number of nitrogens with one attached hydrogen (secondary N) is 1. The molecule has 7 heteroatoms. The maximum atomic E-state index is 13.4. The number of hydrogen-bond acceptors (Lipinski definition) is 2. The number of hydrogen-bond donors (Lipinski definition) is 1. The van der Waals surface area contributed by atoms with E-state index >= 15 is 0 Å². The summed E-state index contributed by atoms with van der Waals surface area (Å²) in [5, 5.41) is 3.45. The average Bonchev–Trinajstić information content (AvgIpc) is 2.67. The standard InChI is InChI=1S/C22H19F3N2O2/c1-4-19(28)26-14(3)20-13(2)17-7-5-6-8-18(17)27(21(20)29)16-11-9-15(10-12-16)22(23,24)25/h4-12,14H,1H2,2-3H3,(H,26,28)/t14-/m1/s1. The first kappa shape index (κ1) is 20.4.